The number of piperazine rings is 1. The molecule has 1 aromatic carbocycles. The zero-order valence-electron chi connectivity index (χ0n) is 24.0. The number of halogens is 4. The Kier molecular flexibility index (Phi) is 8.53. The SMILES string of the molecule is CCc1nc2ccc(N3CCN(CCN(C)C)CC3)cn2c1N(C)c1nc(-c2ccc(F)cc2)c(C(=O)C(F)(F)F)s1. The first-order chi connectivity index (χ1) is 20.0. The number of ketones is 1. The number of nitrogens with zero attached hydrogens (tertiary/aromatic N) is 7. The first-order valence-electron chi connectivity index (χ1n) is 13.7. The number of pyridine rings is 1. The Bertz CT molecular complexity index is 1560. The van der Waals surface area contributed by atoms with Crippen LogP contribution in [0.3, 0.4) is 0 Å². The second-order valence-corrected chi connectivity index (χ2v) is 11.5. The third kappa shape index (κ3) is 6.13. The Balaban J connectivity index is 1.50. The van der Waals surface area contributed by atoms with Crippen LogP contribution in [-0.4, -0.2) is 96.5 Å². The van der Waals surface area contributed by atoms with Gasteiger partial charge in [0, 0.05) is 58.1 Å². The van der Waals surface area contributed by atoms with E-state index in [4.69, 9.17) is 4.98 Å². The maximum absolute atomic E-state index is 13.6. The molecule has 1 saturated heterocycles. The van der Waals surface area contributed by atoms with Crippen molar-refractivity contribution in [3.05, 3.63) is 59.0 Å². The molecule has 13 heteroatoms. The minimum atomic E-state index is -5.08. The summed E-state index contributed by atoms with van der Waals surface area (Å²) < 4.78 is 56.2. The fourth-order valence-corrected chi connectivity index (χ4v) is 6.06. The summed E-state index contributed by atoms with van der Waals surface area (Å²) in [5, 5.41) is 0.193. The number of fused-ring (bicyclic) bond motifs is 1. The highest BCUT2D eigenvalue weighted by atomic mass is 32.1. The molecule has 224 valence electrons. The Morgan fingerprint density at radius 2 is 1.69 bits per heavy atom. The predicted octanol–water partition coefficient (Wildman–Crippen LogP) is 5.36. The summed E-state index contributed by atoms with van der Waals surface area (Å²) in [4.78, 5) is 29.7. The lowest BCUT2D eigenvalue weighted by Crippen LogP contribution is -2.48. The van der Waals surface area contributed by atoms with E-state index < -0.39 is 22.7 Å². The van der Waals surface area contributed by atoms with E-state index in [1.807, 2.05) is 29.7 Å². The van der Waals surface area contributed by atoms with Gasteiger partial charge in [-0.05, 0) is 56.9 Å². The first-order valence-corrected chi connectivity index (χ1v) is 14.5. The maximum atomic E-state index is 13.6. The van der Waals surface area contributed by atoms with E-state index in [-0.39, 0.29) is 16.4 Å². The van der Waals surface area contributed by atoms with Crippen LogP contribution in [0.25, 0.3) is 16.9 Å². The number of hydrogen-bond donors (Lipinski definition) is 0. The van der Waals surface area contributed by atoms with E-state index in [9.17, 15) is 22.4 Å². The molecule has 0 N–H and O–H groups in total. The Morgan fingerprint density at radius 3 is 2.31 bits per heavy atom. The summed E-state index contributed by atoms with van der Waals surface area (Å²) in [6.45, 7) is 7.62. The van der Waals surface area contributed by atoms with Crippen molar-refractivity contribution in [1.82, 2.24) is 24.2 Å². The number of aromatic nitrogens is 3. The molecule has 4 heterocycles. The third-order valence-electron chi connectivity index (χ3n) is 7.38. The predicted molar refractivity (Wildman–Crippen MR) is 158 cm³/mol. The van der Waals surface area contributed by atoms with Crippen molar-refractivity contribution in [3.63, 3.8) is 0 Å². The molecule has 0 amide bonds. The molecular weight excluding hydrogens is 570 g/mol. The van der Waals surface area contributed by atoms with E-state index in [1.54, 1.807) is 11.9 Å². The van der Waals surface area contributed by atoms with Crippen molar-refractivity contribution in [2.75, 3.05) is 70.2 Å². The summed E-state index contributed by atoms with van der Waals surface area (Å²) in [6, 6.07) is 8.87. The van der Waals surface area contributed by atoms with Gasteiger partial charge in [-0.2, -0.15) is 13.2 Å². The largest absolute Gasteiger partial charge is 0.455 e. The summed E-state index contributed by atoms with van der Waals surface area (Å²) in [7, 11) is 5.84. The van der Waals surface area contributed by atoms with E-state index >= 15 is 0 Å². The fourth-order valence-electron chi connectivity index (χ4n) is 5.05. The lowest BCUT2D eigenvalue weighted by molar-refractivity contribution is -0.0882. The number of rotatable bonds is 9. The quantitative estimate of drug-likeness (QED) is 0.189. The van der Waals surface area contributed by atoms with Crippen molar-refractivity contribution in [3.8, 4) is 11.3 Å². The Hall–Kier alpha value is -3.55. The molecule has 0 bridgehead atoms. The Morgan fingerprint density at radius 1 is 1.00 bits per heavy atom. The first kappa shape index (κ1) is 29.9. The van der Waals surface area contributed by atoms with Crippen LogP contribution in [0.15, 0.2) is 42.6 Å². The molecular formula is C29H33F4N7OS. The molecule has 0 atom stereocenters. The second kappa shape index (κ2) is 12.0. The van der Waals surface area contributed by atoms with E-state index in [0.29, 0.717) is 29.2 Å². The fraction of sp³-hybridized carbons (Fsp3) is 0.414. The zero-order chi connectivity index (χ0) is 30.2. The van der Waals surface area contributed by atoms with Crippen molar-refractivity contribution in [2.24, 2.45) is 0 Å². The van der Waals surface area contributed by atoms with Crippen molar-refractivity contribution < 1.29 is 22.4 Å². The van der Waals surface area contributed by atoms with Crippen molar-refractivity contribution in [2.45, 2.75) is 19.5 Å². The average molecular weight is 604 g/mol. The number of aryl methyl sites for hydroxylation is 1. The van der Waals surface area contributed by atoms with Gasteiger partial charge in [-0.1, -0.05) is 18.3 Å². The summed E-state index contributed by atoms with van der Waals surface area (Å²) >= 11 is 0.658. The normalized spacial score (nSPS) is 14.7. The minimum absolute atomic E-state index is 0.135. The lowest BCUT2D eigenvalue weighted by atomic mass is 10.1. The van der Waals surface area contributed by atoms with Gasteiger partial charge in [0.2, 0.25) is 0 Å². The third-order valence-corrected chi connectivity index (χ3v) is 8.52. The minimum Gasteiger partial charge on any atom is -0.368 e. The molecule has 1 fully saturated rings. The Labute approximate surface area is 245 Å². The smallest absolute Gasteiger partial charge is 0.368 e. The van der Waals surface area contributed by atoms with Gasteiger partial charge in [0.25, 0.3) is 5.78 Å². The summed E-state index contributed by atoms with van der Waals surface area (Å²) in [6.07, 6.45) is -2.51. The standard InChI is InChI=1S/C29H33F4N7OS/c1-5-22-27(40-18-21(10-11-23(40)34-22)39-16-14-38(15-17-39)13-12-36(2)3)37(4)28-35-24(19-6-8-20(30)9-7-19)25(42-28)26(41)29(31,32)33/h6-11,18H,5,12-17H2,1-4H3. The van der Waals surface area contributed by atoms with Gasteiger partial charge in [-0.25, -0.2) is 14.4 Å². The molecule has 0 unspecified atom stereocenters. The van der Waals surface area contributed by atoms with Gasteiger partial charge in [0.05, 0.1) is 17.1 Å². The molecule has 8 nitrogen and oxygen atoms in total. The number of benzene rings is 1. The number of likely N-dealkylation sites (N-methyl/N-ethyl adjacent to an activating group) is 1. The van der Waals surface area contributed by atoms with Crippen LogP contribution >= 0.6 is 11.3 Å². The van der Waals surface area contributed by atoms with Crippen LogP contribution in [-0.2, 0) is 6.42 Å². The van der Waals surface area contributed by atoms with Crippen LogP contribution in [0.4, 0.5) is 34.2 Å². The summed E-state index contributed by atoms with van der Waals surface area (Å²) in [5.74, 6) is -1.87. The highest BCUT2D eigenvalue weighted by Crippen LogP contribution is 2.40. The second-order valence-electron chi connectivity index (χ2n) is 10.6. The molecule has 5 rings (SSSR count). The number of anilines is 3. The number of Topliss-reactive ketones (excluding diaryl/α,β-unsaturated/α-hetero) is 1. The average Bonchev–Trinajstić information content (AvgIpc) is 3.57. The number of imidazole rings is 1. The monoisotopic (exact) mass is 603 g/mol. The molecule has 1 aliphatic rings. The van der Waals surface area contributed by atoms with Gasteiger partial charge < -0.3 is 14.7 Å². The highest BCUT2D eigenvalue weighted by Gasteiger charge is 2.42. The molecule has 0 saturated carbocycles. The number of alkyl halides is 3. The van der Waals surface area contributed by atoms with Gasteiger partial charge in [-0.3, -0.25) is 14.1 Å². The molecule has 4 aromatic rings. The van der Waals surface area contributed by atoms with Crippen molar-refractivity contribution >= 4 is 39.4 Å². The number of hydrogen-bond acceptors (Lipinski definition) is 8. The number of thiazole rings is 1. The topological polar surface area (TPSA) is 60.2 Å². The lowest BCUT2D eigenvalue weighted by Gasteiger charge is -2.36. The highest BCUT2D eigenvalue weighted by molar-refractivity contribution is 7.18. The van der Waals surface area contributed by atoms with Gasteiger partial charge in [0.15, 0.2) is 5.13 Å². The van der Waals surface area contributed by atoms with E-state index in [0.717, 1.165) is 62.8 Å². The van der Waals surface area contributed by atoms with Crippen LogP contribution in [0.1, 0.15) is 22.3 Å². The van der Waals surface area contributed by atoms with Crippen LogP contribution in [0, 0.1) is 5.82 Å². The summed E-state index contributed by atoms with van der Waals surface area (Å²) in [5.41, 5.74) is 2.54. The molecule has 0 aliphatic carbocycles. The van der Waals surface area contributed by atoms with Crippen LogP contribution in [0.2, 0.25) is 0 Å². The van der Waals surface area contributed by atoms with Crippen LogP contribution < -0.4 is 9.80 Å². The molecule has 1 aliphatic heterocycles. The van der Waals surface area contributed by atoms with E-state index in [2.05, 4.69) is 33.8 Å². The molecule has 42 heavy (non-hydrogen) atoms. The van der Waals surface area contributed by atoms with Crippen molar-refractivity contribution in [1.29, 1.82) is 0 Å². The molecule has 0 spiro atoms. The number of carbonyl (C=O) groups excluding carboxylic acids is 1. The number of carbonyl (C=O) groups is 1. The zero-order valence-corrected chi connectivity index (χ0v) is 24.8. The van der Waals surface area contributed by atoms with Crippen LogP contribution in [0.5, 0.6) is 0 Å². The maximum Gasteiger partial charge on any atom is 0.455 e. The van der Waals surface area contributed by atoms with Gasteiger partial charge in [0.1, 0.15) is 22.2 Å². The van der Waals surface area contributed by atoms with E-state index in [1.165, 1.54) is 12.1 Å². The molecule has 3 aromatic heterocycles. The van der Waals surface area contributed by atoms with Gasteiger partial charge in [-0.15, -0.1) is 0 Å². The molecule has 0 radical (unpaired) electrons. The van der Waals surface area contributed by atoms with Gasteiger partial charge >= 0.3 is 6.18 Å².